The van der Waals surface area contributed by atoms with Gasteiger partial charge in [0.2, 0.25) is 10.0 Å². The third kappa shape index (κ3) is 4.63. The van der Waals surface area contributed by atoms with Gasteiger partial charge in [-0.2, -0.15) is 0 Å². The Hall–Kier alpha value is -2.49. The molecule has 7 nitrogen and oxygen atoms in total. The molecule has 2 aromatic rings. The number of fused-ring (bicyclic) bond motifs is 1. The van der Waals surface area contributed by atoms with E-state index >= 15 is 0 Å². The molecule has 9 heteroatoms. The number of hydrogen-bond acceptors (Lipinski definition) is 7. The average Bonchev–Trinajstić information content (AvgIpc) is 3.30. The molecule has 1 aliphatic heterocycles. The van der Waals surface area contributed by atoms with Crippen LogP contribution < -0.4 is 9.62 Å². The molecule has 0 saturated carbocycles. The Bertz CT molecular complexity index is 1070. The molecule has 1 N–H and O–H groups in total. The van der Waals surface area contributed by atoms with Crippen molar-refractivity contribution in [3.05, 3.63) is 59.1 Å². The lowest BCUT2D eigenvalue weighted by Gasteiger charge is -2.23. The number of sulfonamides is 1. The molecule has 1 aromatic heterocycles. The van der Waals surface area contributed by atoms with Crippen molar-refractivity contribution < 1.29 is 22.7 Å². The zero-order chi connectivity index (χ0) is 21.9. The van der Waals surface area contributed by atoms with E-state index in [1.54, 1.807) is 11.4 Å². The average molecular weight is 449 g/mol. The number of ether oxygens (including phenoxy) is 1. The number of benzene rings is 1. The van der Waals surface area contributed by atoms with Gasteiger partial charge in [0, 0.05) is 36.5 Å². The number of carbonyl (C=O) groups excluding carboxylic acids is 2. The first-order valence-corrected chi connectivity index (χ1v) is 11.8. The summed E-state index contributed by atoms with van der Waals surface area (Å²) in [6.45, 7) is 3.60. The van der Waals surface area contributed by atoms with E-state index in [4.69, 9.17) is 4.74 Å². The second-order valence-corrected chi connectivity index (χ2v) is 10.4. The Kier molecular flexibility index (Phi) is 6.44. The fourth-order valence-electron chi connectivity index (χ4n) is 3.45. The largest absolute Gasteiger partial charge is 0.457 e. The van der Waals surface area contributed by atoms with Crippen LogP contribution in [-0.2, 0) is 29.8 Å². The maximum atomic E-state index is 12.4. The van der Waals surface area contributed by atoms with Crippen molar-refractivity contribution in [2.24, 2.45) is 0 Å². The smallest absolute Gasteiger partial charge is 0.307 e. The molecule has 0 radical (unpaired) electrons. The van der Waals surface area contributed by atoms with Crippen LogP contribution in [0.25, 0.3) is 0 Å². The van der Waals surface area contributed by atoms with Gasteiger partial charge < -0.3 is 9.64 Å². The van der Waals surface area contributed by atoms with Crippen molar-refractivity contribution in [1.29, 1.82) is 0 Å². The molecule has 0 spiro atoms. The Balaban J connectivity index is 1.52. The van der Waals surface area contributed by atoms with Gasteiger partial charge in [0.25, 0.3) is 0 Å². The highest BCUT2D eigenvalue weighted by Crippen LogP contribution is 2.46. The standard InChI is InChI=1S/C21H24N2O5S2/c1-21(2)16-7-4-5-8-17(16)23(3)18(21)13-15(24)14-28-19(25)10-11-22-30(26,27)20-9-6-12-29-20/h4-9,12-13,22H,10-11,14H2,1-3H3/b18-13-. The molecule has 1 aliphatic rings. The van der Waals surface area contributed by atoms with Crippen LogP contribution in [0.2, 0.25) is 0 Å². The van der Waals surface area contributed by atoms with E-state index in [9.17, 15) is 18.0 Å². The van der Waals surface area contributed by atoms with Crippen molar-refractivity contribution >= 4 is 38.8 Å². The van der Waals surface area contributed by atoms with Crippen molar-refractivity contribution in [2.75, 3.05) is 25.1 Å². The lowest BCUT2D eigenvalue weighted by Crippen LogP contribution is -2.27. The lowest BCUT2D eigenvalue weighted by atomic mass is 9.83. The fourth-order valence-corrected chi connectivity index (χ4v) is 5.52. The quantitative estimate of drug-likeness (QED) is 0.493. The number of hydrogen-bond donors (Lipinski definition) is 1. The molecule has 160 valence electrons. The molecule has 30 heavy (non-hydrogen) atoms. The molecule has 0 amide bonds. The van der Waals surface area contributed by atoms with Gasteiger partial charge in [-0.3, -0.25) is 9.59 Å². The molecule has 0 saturated heterocycles. The molecule has 0 aliphatic carbocycles. The van der Waals surface area contributed by atoms with Gasteiger partial charge in [0.1, 0.15) is 4.21 Å². The first kappa shape index (κ1) is 22.2. The minimum Gasteiger partial charge on any atom is -0.457 e. The first-order valence-electron chi connectivity index (χ1n) is 9.40. The van der Waals surface area contributed by atoms with E-state index in [2.05, 4.69) is 4.72 Å². The summed E-state index contributed by atoms with van der Waals surface area (Å²) < 4.78 is 31.5. The van der Waals surface area contributed by atoms with Gasteiger partial charge in [-0.25, -0.2) is 13.1 Å². The summed E-state index contributed by atoms with van der Waals surface area (Å²) in [7, 11) is -1.72. The first-order chi connectivity index (χ1) is 14.1. The van der Waals surface area contributed by atoms with E-state index in [-0.39, 0.29) is 35.0 Å². The summed E-state index contributed by atoms with van der Waals surface area (Å²) in [5, 5.41) is 1.66. The minimum atomic E-state index is -3.63. The predicted octanol–water partition coefficient (Wildman–Crippen LogP) is 2.84. The topological polar surface area (TPSA) is 92.8 Å². The van der Waals surface area contributed by atoms with Crippen LogP contribution in [0, 0.1) is 0 Å². The van der Waals surface area contributed by atoms with Gasteiger partial charge in [0.15, 0.2) is 12.4 Å². The van der Waals surface area contributed by atoms with Crippen LogP contribution >= 0.6 is 11.3 Å². The third-order valence-corrected chi connectivity index (χ3v) is 7.85. The number of anilines is 1. The summed E-state index contributed by atoms with van der Waals surface area (Å²) in [6.07, 6.45) is 1.35. The van der Waals surface area contributed by atoms with Crippen LogP contribution in [0.5, 0.6) is 0 Å². The summed E-state index contributed by atoms with van der Waals surface area (Å²) in [5.74, 6) is -0.969. The van der Waals surface area contributed by atoms with Gasteiger partial charge in [-0.05, 0) is 23.1 Å². The number of likely N-dealkylation sites (N-methyl/N-ethyl adjacent to an activating group) is 1. The number of ketones is 1. The Morgan fingerprint density at radius 1 is 1.20 bits per heavy atom. The Morgan fingerprint density at radius 3 is 2.60 bits per heavy atom. The molecule has 0 fully saturated rings. The predicted molar refractivity (Wildman–Crippen MR) is 116 cm³/mol. The van der Waals surface area contributed by atoms with E-state index in [0.29, 0.717) is 0 Å². The van der Waals surface area contributed by atoms with Gasteiger partial charge in [0.05, 0.1) is 6.42 Å². The molecule has 1 aromatic carbocycles. The Labute approximate surface area is 180 Å². The maximum absolute atomic E-state index is 12.4. The van der Waals surface area contributed by atoms with Crippen LogP contribution in [-0.4, -0.2) is 40.4 Å². The zero-order valence-electron chi connectivity index (χ0n) is 17.0. The number of carbonyl (C=O) groups is 2. The highest BCUT2D eigenvalue weighted by molar-refractivity contribution is 7.91. The number of allylic oxidation sites excluding steroid dienone is 1. The minimum absolute atomic E-state index is 0.0978. The van der Waals surface area contributed by atoms with Crippen LogP contribution in [0.1, 0.15) is 25.8 Å². The second-order valence-electron chi connectivity index (χ2n) is 7.44. The molecule has 0 bridgehead atoms. The van der Waals surface area contributed by atoms with E-state index in [1.807, 2.05) is 50.1 Å². The van der Waals surface area contributed by atoms with Crippen molar-refractivity contribution in [3.63, 3.8) is 0 Å². The number of thiophene rings is 1. The zero-order valence-corrected chi connectivity index (χ0v) is 18.7. The van der Waals surface area contributed by atoms with Crippen LogP contribution in [0.4, 0.5) is 5.69 Å². The molecule has 3 rings (SSSR count). The SMILES string of the molecule is CN1/C(=C\C(=O)COC(=O)CCNS(=O)(=O)c2cccs2)C(C)(C)c2ccccc21. The van der Waals surface area contributed by atoms with Crippen molar-refractivity contribution in [2.45, 2.75) is 29.9 Å². The second kappa shape index (κ2) is 8.71. The number of nitrogens with zero attached hydrogens (tertiary/aromatic N) is 1. The van der Waals surface area contributed by atoms with E-state index < -0.39 is 16.0 Å². The summed E-state index contributed by atoms with van der Waals surface area (Å²) in [5.41, 5.74) is 2.65. The highest BCUT2D eigenvalue weighted by Gasteiger charge is 2.38. The van der Waals surface area contributed by atoms with E-state index in [1.165, 1.54) is 12.1 Å². The van der Waals surface area contributed by atoms with Crippen molar-refractivity contribution in [3.8, 4) is 0 Å². The highest BCUT2D eigenvalue weighted by atomic mass is 32.2. The number of para-hydroxylation sites is 1. The van der Waals surface area contributed by atoms with E-state index in [0.717, 1.165) is 28.3 Å². The molecular formula is C21H24N2O5S2. The molecule has 0 atom stereocenters. The fraction of sp³-hybridized carbons (Fsp3) is 0.333. The number of nitrogens with one attached hydrogen (secondary N) is 1. The van der Waals surface area contributed by atoms with Gasteiger partial charge in [-0.1, -0.05) is 38.1 Å². The van der Waals surface area contributed by atoms with Gasteiger partial charge in [-0.15, -0.1) is 11.3 Å². The number of rotatable bonds is 8. The summed E-state index contributed by atoms with van der Waals surface area (Å²) >= 11 is 1.09. The van der Waals surface area contributed by atoms with Crippen molar-refractivity contribution in [1.82, 2.24) is 4.72 Å². The summed E-state index contributed by atoms with van der Waals surface area (Å²) in [4.78, 5) is 26.2. The monoisotopic (exact) mass is 448 g/mol. The van der Waals surface area contributed by atoms with Crippen LogP contribution in [0.15, 0.2) is 57.8 Å². The summed E-state index contributed by atoms with van der Waals surface area (Å²) in [6, 6.07) is 11.1. The molecule has 2 heterocycles. The third-order valence-electron chi connectivity index (χ3n) is 4.99. The van der Waals surface area contributed by atoms with Gasteiger partial charge >= 0.3 is 5.97 Å². The Morgan fingerprint density at radius 2 is 1.93 bits per heavy atom. The van der Waals surface area contributed by atoms with Crippen LogP contribution in [0.3, 0.4) is 0 Å². The maximum Gasteiger partial charge on any atom is 0.307 e. The lowest BCUT2D eigenvalue weighted by molar-refractivity contribution is -0.146. The number of esters is 1. The molecule has 0 unspecified atom stereocenters. The molecular weight excluding hydrogens is 424 g/mol. The normalized spacial score (nSPS) is 16.5.